The molecule has 0 unspecified atom stereocenters. The molecular weight excluding hydrogens is 306 g/mol. The van der Waals surface area contributed by atoms with E-state index < -0.39 is 23.2 Å². The molecule has 24 heavy (non-hydrogen) atoms. The lowest BCUT2D eigenvalue weighted by Gasteiger charge is -2.17. The Labute approximate surface area is 140 Å². The normalized spacial score (nSPS) is 21.6. The van der Waals surface area contributed by atoms with Gasteiger partial charge in [-0.05, 0) is 24.0 Å². The molecule has 1 heterocycles. The zero-order valence-corrected chi connectivity index (χ0v) is 14.2. The number of hydrogen-bond acceptors (Lipinski definition) is 3. The number of nitrogens with zero attached hydrogens (tertiary/aromatic N) is 2. The summed E-state index contributed by atoms with van der Waals surface area (Å²) in [5.74, 6) is -1.02. The molecule has 2 N–H and O–H groups in total. The Morgan fingerprint density at radius 3 is 2.62 bits per heavy atom. The first-order valence-corrected chi connectivity index (χ1v) is 8.24. The molecule has 1 aromatic carbocycles. The van der Waals surface area contributed by atoms with Gasteiger partial charge in [-0.25, -0.2) is 4.98 Å². The van der Waals surface area contributed by atoms with E-state index in [1.165, 1.54) is 0 Å². The first-order valence-electron chi connectivity index (χ1n) is 8.24. The summed E-state index contributed by atoms with van der Waals surface area (Å²) in [5, 5.41) is 9.20. The lowest BCUT2D eigenvalue weighted by Crippen LogP contribution is -2.31. The van der Waals surface area contributed by atoms with Crippen LogP contribution in [0.1, 0.15) is 26.1 Å². The van der Waals surface area contributed by atoms with Crippen molar-refractivity contribution in [3.8, 4) is 0 Å². The Morgan fingerprint density at radius 2 is 2.00 bits per heavy atom. The van der Waals surface area contributed by atoms with Gasteiger partial charge < -0.3 is 15.0 Å². The molecular formula is C18H23N3O3. The van der Waals surface area contributed by atoms with Gasteiger partial charge in [0.05, 0.1) is 22.9 Å². The number of nitrogens with one attached hydrogen (secondary N) is 1. The number of carbonyl (C=O) groups is 2. The Balaban J connectivity index is 1.53. The summed E-state index contributed by atoms with van der Waals surface area (Å²) in [4.78, 5) is 33.1. The first kappa shape index (κ1) is 16.5. The van der Waals surface area contributed by atoms with E-state index in [0.29, 0.717) is 6.54 Å². The number of hydrogen-bond donors (Lipinski definition) is 2. The molecule has 0 spiro atoms. The summed E-state index contributed by atoms with van der Waals surface area (Å²) in [5.41, 5.74) is 1.51. The summed E-state index contributed by atoms with van der Waals surface area (Å²) in [6.07, 6.45) is 1.54. The van der Waals surface area contributed by atoms with E-state index >= 15 is 0 Å². The second-order valence-corrected chi connectivity index (χ2v) is 7.18. The van der Waals surface area contributed by atoms with Crippen molar-refractivity contribution in [1.82, 2.24) is 14.9 Å². The topological polar surface area (TPSA) is 86.3 Å². The van der Waals surface area contributed by atoms with Crippen molar-refractivity contribution in [2.75, 3.05) is 13.6 Å². The molecule has 6 heteroatoms. The van der Waals surface area contributed by atoms with E-state index in [4.69, 9.17) is 0 Å². The van der Waals surface area contributed by atoms with Gasteiger partial charge in [-0.2, -0.15) is 0 Å². The Hall–Kier alpha value is -2.37. The highest BCUT2D eigenvalue weighted by atomic mass is 16.4. The van der Waals surface area contributed by atoms with Crippen molar-refractivity contribution in [1.29, 1.82) is 0 Å². The first-order chi connectivity index (χ1) is 11.3. The molecule has 2 atom stereocenters. The second kappa shape index (κ2) is 5.92. The smallest absolute Gasteiger partial charge is 0.307 e. The molecule has 3 rings (SSSR count). The van der Waals surface area contributed by atoms with Crippen molar-refractivity contribution in [2.24, 2.45) is 17.3 Å². The maximum absolute atomic E-state index is 12.5. The number of aryl methyl sites for hydroxylation is 1. The highest BCUT2D eigenvalue weighted by Gasteiger charge is 2.66. The number of carbonyl (C=O) groups excluding carboxylic acids is 1. The summed E-state index contributed by atoms with van der Waals surface area (Å²) < 4.78 is 0. The standard InChI is InChI=1S/C18H23N3O3/c1-18(2)14(15(18)17(23)24)16(22)21(3)10-6-9-13-19-11-7-4-5-8-12(11)20-13/h4-5,7-8,14-15H,6,9-10H2,1-3H3,(H,19,20)(H,23,24)/t14-,15+/m0/s1. The van der Waals surface area contributed by atoms with Gasteiger partial charge in [0, 0.05) is 20.0 Å². The third kappa shape index (κ3) is 2.88. The molecule has 1 saturated carbocycles. The number of amides is 1. The predicted octanol–water partition coefficient (Wildman–Crippen LogP) is 2.31. The number of H-pyrrole nitrogens is 1. The minimum absolute atomic E-state index is 0.0722. The van der Waals surface area contributed by atoms with Gasteiger partial charge in [0.15, 0.2) is 0 Å². The summed E-state index contributed by atoms with van der Waals surface area (Å²) in [6, 6.07) is 7.87. The third-order valence-electron chi connectivity index (χ3n) is 5.08. The van der Waals surface area contributed by atoms with Crippen molar-refractivity contribution < 1.29 is 14.7 Å². The Bertz CT molecular complexity index is 748. The van der Waals surface area contributed by atoms with Gasteiger partial charge >= 0.3 is 5.97 Å². The van der Waals surface area contributed by atoms with Gasteiger partial charge in [-0.15, -0.1) is 0 Å². The van der Waals surface area contributed by atoms with E-state index in [9.17, 15) is 14.7 Å². The van der Waals surface area contributed by atoms with Gasteiger partial charge in [0.2, 0.25) is 5.91 Å². The fraction of sp³-hybridized carbons (Fsp3) is 0.500. The van der Waals surface area contributed by atoms with Gasteiger partial charge in [0.25, 0.3) is 0 Å². The molecule has 1 fully saturated rings. The number of fused-ring (bicyclic) bond motifs is 1. The molecule has 0 bridgehead atoms. The number of rotatable bonds is 6. The zero-order valence-electron chi connectivity index (χ0n) is 14.2. The van der Waals surface area contributed by atoms with Crippen LogP contribution in [0.25, 0.3) is 11.0 Å². The SMILES string of the molecule is CN(CCCc1nc2ccccc2[nH]1)C(=O)[C@@H]1[C@H](C(=O)O)C1(C)C. The average molecular weight is 329 g/mol. The fourth-order valence-electron chi connectivity index (χ4n) is 3.51. The van der Waals surface area contributed by atoms with Gasteiger partial charge in [-0.3, -0.25) is 9.59 Å². The van der Waals surface area contributed by atoms with E-state index in [0.717, 1.165) is 29.7 Å². The largest absolute Gasteiger partial charge is 0.481 e. The average Bonchev–Trinajstić information content (AvgIpc) is 2.90. The van der Waals surface area contributed by atoms with Crippen LogP contribution in [-0.4, -0.2) is 45.4 Å². The lowest BCUT2D eigenvalue weighted by molar-refractivity contribution is -0.141. The predicted molar refractivity (Wildman–Crippen MR) is 90.4 cm³/mol. The molecule has 128 valence electrons. The fourth-order valence-corrected chi connectivity index (χ4v) is 3.51. The van der Waals surface area contributed by atoms with Crippen LogP contribution in [0.2, 0.25) is 0 Å². The molecule has 6 nitrogen and oxygen atoms in total. The number of imidazole rings is 1. The van der Waals surface area contributed by atoms with Crippen LogP contribution in [0.15, 0.2) is 24.3 Å². The highest BCUT2D eigenvalue weighted by Crippen LogP contribution is 2.58. The third-order valence-corrected chi connectivity index (χ3v) is 5.08. The number of aliphatic carboxylic acids is 1. The zero-order chi connectivity index (χ0) is 17.5. The molecule has 1 amide bonds. The summed E-state index contributed by atoms with van der Waals surface area (Å²) >= 11 is 0. The van der Waals surface area contributed by atoms with Crippen LogP contribution in [-0.2, 0) is 16.0 Å². The molecule has 1 aliphatic carbocycles. The van der Waals surface area contributed by atoms with Crippen LogP contribution in [0.4, 0.5) is 0 Å². The van der Waals surface area contributed by atoms with E-state index in [1.54, 1.807) is 11.9 Å². The van der Waals surface area contributed by atoms with Crippen LogP contribution in [0.3, 0.4) is 0 Å². The number of aromatic amines is 1. The number of aromatic nitrogens is 2. The second-order valence-electron chi connectivity index (χ2n) is 7.18. The van der Waals surface area contributed by atoms with E-state index in [2.05, 4.69) is 9.97 Å². The van der Waals surface area contributed by atoms with E-state index in [-0.39, 0.29) is 5.91 Å². The van der Waals surface area contributed by atoms with Crippen molar-refractivity contribution >= 4 is 22.9 Å². The van der Waals surface area contributed by atoms with Crippen LogP contribution >= 0.6 is 0 Å². The van der Waals surface area contributed by atoms with Crippen LogP contribution < -0.4 is 0 Å². The van der Waals surface area contributed by atoms with Gasteiger partial charge in [0.1, 0.15) is 5.82 Å². The number of carboxylic acids is 1. The highest BCUT2D eigenvalue weighted by molar-refractivity contribution is 5.91. The number of benzene rings is 1. The minimum atomic E-state index is -0.881. The molecule has 2 aromatic rings. The van der Waals surface area contributed by atoms with Crippen molar-refractivity contribution in [3.05, 3.63) is 30.1 Å². The number of para-hydroxylation sites is 2. The summed E-state index contributed by atoms with van der Waals surface area (Å²) in [6.45, 7) is 4.28. The van der Waals surface area contributed by atoms with E-state index in [1.807, 2.05) is 38.1 Å². The maximum atomic E-state index is 12.5. The lowest BCUT2D eigenvalue weighted by atomic mass is 10.1. The quantitative estimate of drug-likeness (QED) is 0.851. The summed E-state index contributed by atoms with van der Waals surface area (Å²) in [7, 11) is 1.74. The van der Waals surface area contributed by atoms with Gasteiger partial charge in [-0.1, -0.05) is 26.0 Å². The minimum Gasteiger partial charge on any atom is -0.481 e. The Kier molecular flexibility index (Phi) is 4.07. The van der Waals surface area contributed by atoms with Crippen molar-refractivity contribution in [3.63, 3.8) is 0 Å². The molecule has 0 aliphatic heterocycles. The number of carboxylic acid groups (broad SMARTS) is 1. The Morgan fingerprint density at radius 1 is 1.29 bits per heavy atom. The molecule has 1 aliphatic rings. The molecule has 0 saturated heterocycles. The van der Waals surface area contributed by atoms with Crippen LogP contribution in [0, 0.1) is 17.3 Å². The maximum Gasteiger partial charge on any atom is 0.307 e. The van der Waals surface area contributed by atoms with Crippen molar-refractivity contribution in [2.45, 2.75) is 26.7 Å². The van der Waals surface area contributed by atoms with Crippen LogP contribution in [0.5, 0.6) is 0 Å². The molecule has 0 radical (unpaired) electrons. The monoisotopic (exact) mass is 329 g/mol. The molecule has 1 aromatic heterocycles.